The number of fused-ring (bicyclic) bond motifs is 1. The molecule has 170 valence electrons. The number of H-pyrrole nitrogens is 1. The summed E-state index contributed by atoms with van der Waals surface area (Å²) in [6.45, 7) is 7.82. The van der Waals surface area contributed by atoms with Gasteiger partial charge < -0.3 is 20.3 Å². The van der Waals surface area contributed by atoms with Crippen LogP contribution in [0.25, 0.3) is 10.9 Å². The van der Waals surface area contributed by atoms with Crippen LogP contribution in [-0.4, -0.2) is 77.5 Å². The second kappa shape index (κ2) is 10.2. The fraction of sp³-hybridized carbons (Fsp3) is 0.429. The van der Waals surface area contributed by atoms with Gasteiger partial charge in [0.25, 0.3) is 5.56 Å². The van der Waals surface area contributed by atoms with Crippen molar-refractivity contribution in [2.45, 2.75) is 6.54 Å². The molecule has 4 heterocycles. The first kappa shape index (κ1) is 22.4. The summed E-state index contributed by atoms with van der Waals surface area (Å²) in [7, 11) is 0. The normalized spacial score (nSPS) is 17.2. The van der Waals surface area contributed by atoms with Crippen LogP contribution in [0.2, 0.25) is 0 Å². The number of anilines is 3. The number of nitrogens with zero attached hydrogens (tertiary/aromatic N) is 5. The molecule has 0 saturated carbocycles. The third-order valence-electron chi connectivity index (χ3n) is 5.63. The number of rotatable bonds is 5. The predicted octanol–water partition coefficient (Wildman–Crippen LogP) is 1.12. The number of morpholine rings is 1. The molecule has 0 unspecified atom stereocenters. The van der Waals surface area contributed by atoms with Gasteiger partial charge in [0.05, 0.1) is 19.4 Å². The summed E-state index contributed by atoms with van der Waals surface area (Å²) in [5.41, 5.74) is 2.33. The van der Waals surface area contributed by atoms with Crippen LogP contribution in [-0.2, 0) is 11.3 Å². The topological polar surface area (TPSA) is 111 Å². The van der Waals surface area contributed by atoms with Gasteiger partial charge in [-0.1, -0.05) is 12.1 Å². The zero-order valence-corrected chi connectivity index (χ0v) is 18.5. The van der Waals surface area contributed by atoms with Gasteiger partial charge in [0.2, 0.25) is 5.95 Å². The fourth-order valence-corrected chi connectivity index (χ4v) is 3.94. The number of aromatic nitrogens is 4. The molecule has 32 heavy (non-hydrogen) atoms. The molecular formula is C21H27ClN8O2. The van der Waals surface area contributed by atoms with Crippen molar-refractivity contribution >= 4 is 40.8 Å². The minimum absolute atomic E-state index is 0. The molecule has 0 bridgehead atoms. The van der Waals surface area contributed by atoms with Crippen LogP contribution >= 0.6 is 12.4 Å². The van der Waals surface area contributed by atoms with Crippen molar-refractivity contribution in [3.63, 3.8) is 0 Å². The molecule has 2 fully saturated rings. The Balaban J connectivity index is 0.00000245. The first-order valence-corrected chi connectivity index (χ1v) is 10.6. The molecule has 2 aliphatic heterocycles. The number of piperazine rings is 1. The van der Waals surface area contributed by atoms with Gasteiger partial charge in [-0.15, -0.1) is 12.4 Å². The number of ether oxygens (including phenoxy) is 1. The van der Waals surface area contributed by atoms with Gasteiger partial charge in [-0.2, -0.15) is 10.1 Å². The summed E-state index contributed by atoms with van der Waals surface area (Å²) in [4.78, 5) is 26.2. The number of hydrogen-bond donors (Lipinski definition) is 3. The van der Waals surface area contributed by atoms with E-state index < -0.39 is 0 Å². The highest BCUT2D eigenvalue weighted by molar-refractivity contribution is 5.90. The molecule has 0 radical (unpaired) electrons. The average molecular weight is 459 g/mol. The van der Waals surface area contributed by atoms with Crippen molar-refractivity contribution in [1.29, 1.82) is 0 Å². The van der Waals surface area contributed by atoms with E-state index in [0.717, 1.165) is 38.4 Å². The van der Waals surface area contributed by atoms with Crippen LogP contribution in [0.1, 0.15) is 5.56 Å². The summed E-state index contributed by atoms with van der Waals surface area (Å²) >= 11 is 0. The van der Waals surface area contributed by atoms with Gasteiger partial charge in [-0.3, -0.25) is 9.69 Å². The zero-order valence-electron chi connectivity index (χ0n) is 17.7. The molecule has 5 rings (SSSR count). The van der Waals surface area contributed by atoms with Gasteiger partial charge in [-0.05, 0) is 17.7 Å². The van der Waals surface area contributed by atoms with E-state index in [9.17, 15) is 4.79 Å². The van der Waals surface area contributed by atoms with Crippen LogP contribution in [0, 0.1) is 0 Å². The molecule has 11 heteroatoms. The van der Waals surface area contributed by atoms with Crippen LogP contribution in [0.15, 0.2) is 35.3 Å². The Bertz CT molecular complexity index is 1100. The van der Waals surface area contributed by atoms with E-state index in [2.05, 4.69) is 52.7 Å². The zero-order chi connectivity index (χ0) is 21.0. The van der Waals surface area contributed by atoms with Gasteiger partial charge in [0.15, 0.2) is 0 Å². The molecule has 0 spiro atoms. The Morgan fingerprint density at radius 3 is 2.53 bits per heavy atom. The number of nitrogens with one attached hydrogen (secondary N) is 3. The molecule has 2 aromatic heterocycles. The molecule has 0 amide bonds. The average Bonchev–Trinajstić information content (AvgIpc) is 2.81. The molecule has 0 atom stereocenters. The summed E-state index contributed by atoms with van der Waals surface area (Å²) in [6.07, 6.45) is 1.56. The van der Waals surface area contributed by atoms with Crippen LogP contribution < -0.4 is 21.1 Å². The minimum atomic E-state index is -0.316. The standard InChI is InChI=1S/C21H26N8O2.ClH/c30-20-18-17(13-23-27-20)25-21(29-9-11-31-12-10-29)26-19(18)24-16-3-1-15(2-4-16)14-28-7-5-22-6-8-28;/h1-4,13,22H,5-12,14H2,(H,27,30)(H,24,25,26);1H. The van der Waals surface area contributed by atoms with Crippen molar-refractivity contribution in [3.8, 4) is 0 Å². The smallest absolute Gasteiger partial charge is 0.277 e. The van der Waals surface area contributed by atoms with E-state index in [1.165, 1.54) is 5.56 Å². The maximum Gasteiger partial charge on any atom is 0.277 e. The van der Waals surface area contributed by atoms with Crippen molar-refractivity contribution < 1.29 is 4.74 Å². The lowest BCUT2D eigenvalue weighted by Crippen LogP contribution is -2.42. The number of aromatic amines is 1. The quantitative estimate of drug-likeness (QED) is 0.517. The number of hydrogen-bond acceptors (Lipinski definition) is 9. The van der Waals surface area contributed by atoms with Crippen molar-refractivity contribution in [1.82, 2.24) is 30.4 Å². The summed E-state index contributed by atoms with van der Waals surface area (Å²) in [5.74, 6) is 1.05. The Kier molecular flexibility index (Phi) is 7.15. The van der Waals surface area contributed by atoms with E-state index in [4.69, 9.17) is 4.74 Å². The Hall–Kier alpha value is -2.79. The fourth-order valence-electron chi connectivity index (χ4n) is 3.94. The third kappa shape index (κ3) is 4.99. The van der Waals surface area contributed by atoms with E-state index in [1.54, 1.807) is 6.20 Å². The van der Waals surface area contributed by atoms with E-state index in [1.807, 2.05) is 12.1 Å². The van der Waals surface area contributed by atoms with Gasteiger partial charge >= 0.3 is 0 Å². The van der Waals surface area contributed by atoms with Gasteiger partial charge in [-0.25, -0.2) is 10.1 Å². The maximum atomic E-state index is 12.5. The van der Waals surface area contributed by atoms with Gasteiger partial charge in [0.1, 0.15) is 16.7 Å². The monoisotopic (exact) mass is 458 g/mol. The largest absolute Gasteiger partial charge is 0.378 e. The van der Waals surface area contributed by atoms with Crippen LogP contribution in [0.3, 0.4) is 0 Å². The van der Waals surface area contributed by atoms with Crippen molar-refractivity contribution in [3.05, 3.63) is 46.4 Å². The molecule has 10 nitrogen and oxygen atoms in total. The van der Waals surface area contributed by atoms with E-state index in [-0.39, 0.29) is 18.0 Å². The Morgan fingerprint density at radius 1 is 1.03 bits per heavy atom. The van der Waals surface area contributed by atoms with Crippen LogP contribution in [0.5, 0.6) is 0 Å². The number of halogens is 1. The second-order valence-electron chi connectivity index (χ2n) is 7.78. The molecule has 0 aliphatic carbocycles. The Morgan fingerprint density at radius 2 is 1.78 bits per heavy atom. The first-order chi connectivity index (χ1) is 15.3. The van der Waals surface area contributed by atoms with E-state index in [0.29, 0.717) is 49.0 Å². The molecular weight excluding hydrogens is 432 g/mol. The maximum absolute atomic E-state index is 12.5. The predicted molar refractivity (Wildman–Crippen MR) is 126 cm³/mol. The lowest BCUT2D eigenvalue weighted by Gasteiger charge is -2.27. The summed E-state index contributed by atoms with van der Waals surface area (Å²) in [5, 5.41) is 13.5. The molecule has 3 N–H and O–H groups in total. The van der Waals surface area contributed by atoms with E-state index >= 15 is 0 Å². The highest BCUT2D eigenvalue weighted by atomic mass is 35.5. The lowest BCUT2D eigenvalue weighted by molar-refractivity contribution is 0.122. The number of benzene rings is 1. The SMILES string of the molecule is Cl.O=c1[nH]ncc2nc(N3CCOCC3)nc(Nc3ccc(CN4CCNCC4)cc3)c12. The Labute approximate surface area is 191 Å². The third-order valence-corrected chi connectivity index (χ3v) is 5.63. The lowest BCUT2D eigenvalue weighted by atomic mass is 10.2. The minimum Gasteiger partial charge on any atom is -0.378 e. The van der Waals surface area contributed by atoms with Gasteiger partial charge in [0, 0.05) is 51.5 Å². The highest BCUT2D eigenvalue weighted by Crippen LogP contribution is 2.24. The first-order valence-electron chi connectivity index (χ1n) is 10.6. The molecule has 3 aromatic rings. The summed E-state index contributed by atoms with van der Waals surface area (Å²) in [6, 6.07) is 8.27. The summed E-state index contributed by atoms with van der Waals surface area (Å²) < 4.78 is 5.43. The second-order valence-corrected chi connectivity index (χ2v) is 7.78. The van der Waals surface area contributed by atoms with Crippen molar-refractivity contribution in [2.24, 2.45) is 0 Å². The molecule has 1 aromatic carbocycles. The molecule has 2 saturated heterocycles. The molecule has 2 aliphatic rings. The highest BCUT2D eigenvalue weighted by Gasteiger charge is 2.18. The van der Waals surface area contributed by atoms with Crippen molar-refractivity contribution in [2.75, 3.05) is 62.7 Å². The van der Waals surface area contributed by atoms with Crippen LogP contribution in [0.4, 0.5) is 17.5 Å².